The van der Waals surface area contributed by atoms with Gasteiger partial charge in [0, 0.05) is 5.75 Å². The molecule has 0 bridgehead atoms. The van der Waals surface area contributed by atoms with Crippen molar-refractivity contribution in [1.29, 1.82) is 0 Å². The Morgan fingerprint density at radius 2 is 1.52 bits per heavy atom. The van der Waals surface area contributed by atoms with Crippen molar-refractivity contribution in [1.82, 2.24) is 0 Å². The molecular weight excluding hydrogens is 280 g/mol. The summed E-state index contributed by atoms with van der Waals surface area (Å²) >= 11 is 1.52. The van der Waals surface area contributed by atoms with E-state index in [-0.39, 0.29) is 5.25 Å². The van der Waals surface area contributed by atoms with Gasteiger partial charge in [0.1, 0.15) is 5.25 Å². The van der Waals surface area contributed by atoms with Gasteiger partial charge in [0.05, 0.1) is 0 Å². The molecule has 2 aromatic rings. The summed E-state index contributed by atoms with van der Waals surface area (Å²) in [5.41, 5.74) is 2.45. The minimum absolute atomic E-state index is 0.325. The zero-order valence-corrected chi connectivity index (χ0v) is 12.8. The van der Waals surface area contributed by atoms with Crippen molar-refractivity contribution in [2.24, 2.45) is 0 Å². The number of hydrogen-bond acceptors (Lipinski definition) is 2. The van der Waals surface area contributed by atoms with Gasteiger partial charge in [-0.1, -0.05) is 60.7 Å². The Hall–Kier alpha value is -1.74. The molecule has 1 unspecified atom stereocenters. The van der Waals surface area contributed by atoms with Gasteiger partial charge < -0.3 is 5.11 Å². The van der Waals surface area contributed by atoms with Crippen LogP contribution in [0.5, 0.6) is 0 Å². The molecule has 2 aromatic carbocycles. The number of rotatable bonds is 8. The minimum Gasteiger partial charge on any atom is -0.480 e. The number of carbonyl (C=O) groups is 1. The van der Waals surface area contributed by atoms with Crippen LogP contribution >= 0.6 is 11.8 Å². The molecule has 1 atom stereocenters. The zero-order chi connectivity index (χ0) is 14.9. The van der Waals surface area contributed by atoms with Gasteiger partial charge in [-0.25, -0.2) is 0 Å². The highest BCUT2D eigenvalue weighted by atomic mass is 32.2. The van der Waals surface area contributed by atoms with Crippen LogP contribution in [0.25, 0.3) is 0 Å². The molecule has 1 N–H and O–H groups in total. The van der Waals surface area contributed by atoms with Crippen molar-refractivity contribution < 1.29 is 9.90 Å². The van der Waals surface area contributed by atoms with E-state index in [1.165, 1.54) is 22.9 Å². The first-order valence-corrected chi connectivity index (χ1v) is 8.23. The second-order valence-corrected chi connectivity index (χ2v) is 6.19. The predicted molar refractivity (Wildman–Crippen MR) is 88.5 cm³/mol. The largest absolute Gasteiger partial charge is 0.480 e. The van der Waals surface area contributed by atoms with Crippen molar-refractivity contribution in [2.75, 3.05) is 0 Å². The zero-order valence-electron chi connectivity index (χ0n) is 11.9. The van der Waals surface area contributed by atoms with E-state index in [1.807, 2.05) is 48.5 Å². The summed E-state index contributed by atoms with van der Waals surface area (Å²) in [7, 11) is 0. The maximum atomic E-state index is 11.3. The molecule has 0 saturated carbocycles. The SMILES string of the molecule is O=C(O)C(CCCc1ccccc1)SCc1ccccc1. The lowest BCUT2D eigenvalue weighted by molar-refractivity contribution is -0.136. The predicted octanol–water partition coefficient (Wildman–Crippen LogP) is 4.40. The fourth-order valence-corrected chi connectivity index (χ4v) is 3.25. The summed E-state index contributed by atoms with van der Waals surface area (Å²) in [5, 5.41) is 9.00. The molecule has 0 saturated heterocycles. The Bertz CT molecular complexity index is 540. The Balaban J connectivity index is 1.78. The average Bonchev–Trinajstić information content (AvgIpc) is 2.52. The monoisotopic (exact) mass is 300 g/mol. The van der Waals surface area contributed by atoms with Gasteiger partial charge in [-0.05, 0) is 30.4 Å². The van der Waals surface area contributed by atoms with Crippen molar-refractivity contribution in [2.45, 2.75) is 30.3 Å². The number of thioether (sulfide) groups is 1. The van der Waals surface area contributed by atoms with Crippen molar-refractivity contribution >= 4 is 17.7 Å². The highest BCUT2D eigenvalue weighted by Gasteiger charge is 2.17. The lowest BCUT2D eigenvalue weighted by Gasteiger charge is -2.12. The van der Waals surface area contributed by atoms with E-state index in [0.29, 0.717) is 6.42 Å². The van der Waals surface area contributed by atoms with E-state index in [9.17, 15) is 9.90 Å². The molecule has 0 aliphatic rings. The van der Waals surface area contributed by atoms with Crippen LogP contribution in [0.4, 0.5) is 0 Å². The lowest BCUT2D eigenvalue weighted by atomic mass is 10.1. The van der Waals surface area contributed by atoms with Crippen molar-refractivity contribution in [3.8, 4) is 0 Å². The van der Waals surface area contributed by atoms with Crippen LogP contribution in [-0.4, -0.2) is 16.3 Å². The van der Waals surface area contributed by atoms with Gasteiger partial charge in [-0.2, -0.15) is 0 Å². The molecule has 0 aromatic heterocycles. The van der Waals surface area contributed by atoms with Gasteiger partial charge in [-0.15, -0.1) is 11.8 Å². The van der Waals surface area contributed by atoms with E-state index >= 15 is 0 Å². The first-order valence-electron chi connectivity index (χ1n) is 7.18. The Morgan fingerprint density at radius 1 is 0.952 bits per heavy atom. The molecule has 0 amide bonds. The second kappa shape index (κ2) is 8.53. The van der Waals surface area contributed by atoms with Gasteiger partial charge in [0.25, 0.3) is 0 Å². The topological polar surface area (TPSA) is 37.3 Å². The summed E-state index contributed by atoms with van der Waals surface area (Å²) in [6, 6.07) is 20.2. The first kappa shape index (κ1) is 15.6. The molecule has 0 heterocycles. The number of carboxylic acid groups (broad SMARTS) is 1. The first-order chi connectivity index (χ1) is 10.3. The van der Waals surface area contributed by atoms with Crippen LogP contribution in [0.15, 0.2) is 60.7 Å². The summed E-state index contributed by atoms with van der Waals surface area (Å²) in [6.45, 7) is 0. The van der Waals surface area contributed by atoms with Crippen LogP contribution in [0.2, 0.25) is 0 Å². The third-order valence-corrected chi connectivity index (χ3v) is 4.68. The minimum atomic E-state index is -0.705. The fraction of sp³-hybridized carbons (Fsp3) is 0.278. The van der Waals surface area contributed by atoms with Crippen molar-refractivity contribution in [3.63, 3.8) is 0 Å². The number of carboxylic acids is 1. The normalized spacial score (nSPS) is 12.0. The van der Waals surface area contributed by atoms with E-state index in [4.69, 9.17) is 0 Å². The summed E-state index contributed by atoms with van der Waals surface area (Å²) in [5.74, 6) is 0.0485. The van der Waals surface area contributed by atoms with Gasteiger partial charge in [0.15, 0.2) is 0 Å². The molecule has 0 spiro atoms. The molecule has 0 radical (unpaired) electrons. The van der Waals surface area contributed by atoms with E-state index in [2.05, 4.69) is 12.1 Å². The molecule has 21 heavy (non-hydrogen) atoms. The molecule has 0 fully saturated rings. The maximum Gasteiger partial charge on any atom is 0.316 e. The molecule has 0 aliphatic carbocycles. The Kier molecular flexibility index (Phi) is 6.35. The average molecular weight is 300 g/mol. The van der Waals surface area contributed by atoms with E-state index in [1.54, 1.807) is 0 Å². The van der Waals surface area contributed by atoms with Crippen LogP contribution in [0.1, 0.15) is 24.0 Å². The molecule has 110 valence electrons. The highest BCUT2D eigenvalue weighted by Crippen LogP contribution is 2.22. The molecular formula is C18H20O2S. The lowest BCUT2D eigenvalue weighted by Crippen LogP contribution is -2.16. The van der Waals surface area contributed by atoms with Crippen LogP contribution < -0.4 is 0 Å². The summed E-state index contributed by atoms with van der Waals surface area (Å²) in [6.07, 6.45) is 2.56. The molecule has 2 rings (SSSR count). The van der Waals surface area contributed by atoms with Crippen LogP contribution in [-0.2, 0) is 17.0 Å². The Morgan fingerprint density at radius 3 is 2.10 bits per heavy atom. The second-order valence-electron chi connectivity index (χ2n) is 5.00. The number of hydrogen-bond donors (Lipinski definition) is 1. The summed E-state index contributed by atoms with van der Waals surface area (Å²) < 4.78 is 0. The van der Waals surface area contributed by atoms with Crippen LogP contribution in [0, 0.1) is 0 Å². The fourth-order valence-electron chi connectivity index (χ4n) is 2.19. The summed E-state index contributed by atoms with van der Waals surface area (Å²) in [4.78, 5) is 11.3. The molecule has 2 nitrogen and oxygen atoms in total. The van der Waals surface area contributed by atoms with E-state index in [0.717, 1.165) is 18.6 Å². The third-order valence-electron chi connectivity index (χ3n) is 3.34. The third kappa shape index (κ3) is 5.64. The number of aliphatic carboxylic acids is 1. The van der Waals surface area contributed by atoms with E-state index < -0.39 is 5.97 Å². The molecule has 3 heteroatoms. The van der Waals surface area contributed by atoms with Crippen LogP contribution in [0.3, 0.4) is 0 Å². The highest BCUT2D eigenvalue weighted by molar-refractivity contribution is 7.99. The van der Waals surface area contributed by atoms with Gasteiger partial charge in [-0.3, -0.25) is 4.79 Å². The standard InChI is InChI=1S/C18H20O2S/c19-18(20)17(21-14-16-10-5-2-6-11-16)13-7-12-15-8-3-1-4-9-15/h1-6,8-11,17H,7,12-14H2,(H,19,20). The Labute approximate surface area is 130 Å². The van der Waals surface area contributed by atoms with Gasteiger partial charge >= 0.3 is 5.97 Å². The van der Waals surface area contributed by atoms with Crippen molar-refractivity contribution in [3.05, 3.63) is 71.8 Å². The number of benzene rings is 2. The quantitative estimate of drug-likeness (QED) is 0.785. The maximum absolute atomic E-state index is 11.3. The van der Waals surface area contributed by atoms with Gasteiger partial charge in [0.2, 0.25) is 0 Å². The number of aryl methyl sites for hydroxylation is 1. The smallest absolute Gasteiger partial charge is 0.316 e. The molecule has 0 aliphatic heterocycles.